The summed E-state index contributed by atoms with van der Waals surface area (Å²) in [6, 6.07) is 16.2. The van der Waals surface area contributed by atoms with Gasteiger partial charge >= 0.3 is 5.97 Å². The molecule has 0 aliphatic heterocycles. The number of halogens is 1. The summed E-state index contributed by atoms with van der Waals surface area (Å²) in [6.07, 6.45) is 1.57. The van der Waals surface area contributed by atoms with Gasteiger partial charge in [-0.05, 0) is 29.3 Å². The Morgan fingerprint density at radius 3 is 2.52 bits per heavy atom. The second-order valence-electron chi connectivity index (χ2n) is 4.86. The minimum Gasteiger partial charge on any atom is -0.456 e. The van der Waals surface area contributed by atoms with E-state index in [4.69, 9.17) is 16.3 Å². The molecule has 0 saturated heterocycles. The number of hydrogen-bond donors (Lipinski definition) is 1. The van der Waals surface area contributed by atoms with Crippen LogP contribution >= 0.6 is 11.6 Å². The fraction of sp³-hybridized carbons (Fsp3) is 0.111. The third-order valence-corrected chi connectivity index (χ3v) is 3.14. The Labute approximate surface area is 139 Å². The van der Waals surface area contributed by atoms with Crippen molar-refractivity contribution in [1.29, 1.82) is 0 Å². The van der Waals surface area contributed by atoms with Crippen molar-refractivity contribution in [2.24, 2.45) is 0 Å². The van der Waals surface area contributed by atoms with Gasteiger partial charge in [0.1, 0.15) is 12.3 Å². The van der Waals surface area contributed by atoms with Crippen LogP contribution < -0.4 is 5.32 Å². The fourth-order valence-corrected chi connectivity index (χ4v) is 2.12. The van der Waals surface area contributed by atoms with E-state index in [0.717, 1.165) is 11.1 Å². The summed E-state index contributed by atoms with van der Waals surface area (Å²) in [7, 11) is 0. The number of benzene rings is 2. The second kappa shape index (κ2) is 8.15. The van der Waals surface area contributed by atoms with E-state index in [0.29, 0.717) is 5.02 Å². The first-order valence-corrected chi connectivity index (χ1v) is 7.38. The molecule has 2 aromatic rings. The van der Waals surface area contributed by atoms with Crippen molar-refractivity contribution in [1.82, 2.24) is 5.32 Å². The van der Waals surface area contributed by atoms with E-state index < -0.39 is 5.97 Å². The van der Waals surface area contributed by atoms with Crippen molar-refractivity contribution in [3.8, 4) is 0 Å². The van der Waals surface area contributed by atoms with E-state index in [1.165, 1.54) is 6.92 Å². The molecule has 2 rings (SSSR count). The van der Waals surface area contributed by atoms with Crippen molar-refractivity contribution >= 4 is 29.6 Å². The largest absolute Gasteiger partial charge is 0.456 e. The number of carbonyl (C=O) groups is 2. The van der Waals surface area contributed by atoms with Gasteiger partial charge in [-0.2, -0.15) is 0 Å². The maximum atomic E-state index is 12.2. The van der Waals surface area contributed by atoms with Gasteiger partial charge in [-0.15, -0.1) is 0 Å². The molecule has 2 aromatic carbocycles. The molecule has 0 bridgehead atoms. The Morgan fingerprint density at radius 1 is 1.13 bits per heavy atom. The van der Waals surface area contributed by atoms with Gasteiger partial charge in [0.05, 0.1) is 0 Å². The lowest BCUT2D eigenvalue weighted by Crippen LogP contribution is -2.26. The maximum absolute atomic E-state index is 12.2. The first-order chi connectivity index (χ1) is 11.0. The number of ether oxygens (including phenoxy) is 1. The minimum absolute atomic E-state index is 0.0745. The molecule has 0 aromatic heterocycles. The summed E-state index contributed by atoms with van der Waals surface area (Å²) in [5.74, 6) is -0.948. The van der Waals surface area contributed by atoms with Crippen LogP contribution in [0.4, 0.5) is 0 Å². The lowest BCUT2D eigenvalue weighted by Gasteiger charge is -2.09. The van der Waals surface area contributed by atoms with E-state index in [1.54, 1.807) is 30.3 Å². The average Bonchev–Trinajstić information content (AvgIpc) is 2.52. The summed E-state index contributed by atoms with van der Waals surface area (Å²) in [5.41, 5.74) is 1.65. The first kappa shape index (κ1) is 16.8. The molecule has 0 atom stereocenters. The molecular weight excluding hydrogens is 314 g/mol. The van der Waals surface area contributed by atoms with Gasteiger partial charge in [0.25, 0.3) is 0 Å². The van der Waals surface area contributed by atoms with E-state index in [2.05, 4.69) is 5.32 Å². The van der Waals surface area contributed by atoms with Crippen molar-refractivity contribution in [2.45, 2.75) is 13.5 Å². The van der Waals surface area contributed by atoms with Crippen LogP contribution in [0.15, 0.2) is 60.3 Å². The van der Waals surface area contributed by atoms with Gasteiger partial charge in [0.15, 0.2) is 0 Å². The minimum atomic E-state index is -0.607. The van der Waals surface area contributed by atoms with Crippen LogP contribution in [0, 0.1) is 0 Å². The Bertz CT molecular complexity index is 726. The van der Waals surface area contributed by atoms with E-state index in [9.17, 15) is 9.59 Å². The normalized spacial score (nSPS) is 11.0. The Balaban J connectivity index is 2.10. The maximum Gasteiger partial charge on any atom is 0.355 e. The van der Waals surface area contributed by atoms with Crippen molar-refractivity contribution in [2.75, 3.05) is 0 Å². The summed E-state index contributed by atoms with van der Waals surface area (Å²) < 4.78 is 5.24. The highest BCUT2D eigenvalue weighted by atomic mass is 35.5. The van der Waals surface area contributed by atoms with E-state index in [-0.39, 0.29) is 18.2 Å². The number of hydrogen-bond acceptors (Lipinski definition) is 3. The van der Waals surface area contributed by atoms with E-state index in [1.807, 2.05) is 30.3 Å². The smallest absolute Gasteiger partial charge is 0.355 e. The van der Waals surface area contributed by atoms with Crippen LogP contribution in [0.1, 0.15) is 18.1 Å². The summed E-state index contributed by atoms with van der Waals surface area (Å²) in [4.78, 5) is 23.5. The molecule has 5 heteroatoms. The molecule has 118 valence electrons. The molecule has 0 unspecified atom stereocenters. The molecule has 0 spiro atoms. The number of nitrogens with one attached hydrogen (secondary N) is 1. The van der Waals surface area contributed by atoms with Gasteiger partial charge in [-0.1, -0.05) is 54.1 Å². The summed E-state index contributed by atoms with van der Waals surface area (Å²) >= 11 is 5.89. The van der Waals surface area contributed by atoms with Crippen LogP contribution in [-0.4, -0.2) is 11.9 Å². The molecule has 4 nitrogen and oxygen atoms in total. The highest BCUT2D eigenvalue weighted by Gasteiger charge is 2.13. The topological polar surface area (TPSA) is 55.4 Å². The van der Waals surface area contributed by atoms with Gasteiger partial charge in [-0.3, -0.25) is 4.79 Å². The monoisotopic (exact) mass is 329 g/mol. The number of rotatable bonds is 5. The van der Waals surface area contributed by atoms with Crippen LogP contribution in [0.5, 0.6) is 0 Å². The van der Waals surface area contributed by atoms with Crippen molar-refractivity contribution < 1.29 is 14.3 Å². The Hall–Kier alpha value is -2.59. The third-order valence-electron chi connectivity index (χ3n) is 2.90. The zero-order valence-electron chi connectivity index (χ0n) is 12.6. The van der Waals surface area contributed by atoms with E-state index >= 15 is 0 Å². The SMILES string of the molecule is CC(=O)NC(=Cc1ccccc1)C(=O)OCc1cccc(Cl)c1. The highest BCUT2D eigenvalue weighted by Crippen LogP contribution is 2.13. The van der Waals surface area contributed by atoms with Gasteiger partial charge in [0, 0.05) is 11.9 Å². The Kier molecular flexibility index (Phi) is 5.94. The lowest BCUT2D eigenvalue weighted by molar-refractivity contribution is -0.141. The molecule has 0 aliphatic rings. The second-order valence-corrected chi connectivity index (χ2v) is 5.29. The quantitative estimate of drug-likeness (QED) is 0.674. The summed E-state index contributed by atoms with van der Waals surface area (Å²) in [5, 5.41) is 3.07. The fourth-order valence-electron chi connectivity index (χ4n) is 1.91. The average molecular weight is 330 g/mol. The molecule has 0 heterocycles. The highest BCUT2D eigenvalue weighted by molar-refractivity contribution is 6.30. The lowest BCUT2D eigenvalue weighted by atomic mass is 10.2. The van der Waals surface area contributed by atoms with Crippen LogP contribution in [0.3, 0.4) is 0 Å². The zero-order chi connectivity index (χ0) is 16.7. The molecule has 0 aliphatic carbocycles. The predicted octanol–water partition coefficient (Wildman–Crippen LogP) is 3.56. The summed E-state index contributed by atoms with van der Waals surface area (Å²) in [6.45, 7) is 1.41. The molecular formula is C18H16ClNO3. The Morgan fingerprint density at radius 2 is 1.87 bits per heavy atom. The zero-order valence-corrected chi connectivity index (χ0v) is 13.3. The molecule has 0 saturated carbocycles. The molecule has 1 N–H and O–H groups in total. The predicted molar refractivity (Wildman–Crippen MR) is 89.5 cm³/mol. The van der Waals surface area contributed by atoms with Gasteiger partial charge < -0.3 is 10.1 Å². The molecule has 0 radical (unpaired) electrons. The van der Waals surface area contributed by atoms with Crippen LogP contribution in [0.25, 0.3) is 6.08 Å². The third kappa shape index (κ3) is 5.60. The van der Waals surface area contributed by atoms with Crippen molar-refractivity contribution in [3.63, 3.8) is 0 Å². The van der Waals surface area contributed by atoms with Crippen LogP contribution in [-0.2, 0) is 20.9 Å². The number of esters is 1. The number of amides is 1. The van der Waals surface area contributed by atoms with Gasteiger partial charge in [-0.25, -0.2) is 4.79 Å². The molecule has 23 heavy (non-hydrogen) atoms. The van der Waals surface area contributed by atoms with Crippen molar-refractivity contribution in [3.05, 3.63) is 76.4 Å². The number of carbonyl (C=O) groups excluding carboxylic acids is 2. The molecule has 0 fully saturated rings. The first-order valence-electron chi connectivity index (χ1n) is 7.00. The van der Waals surface area contributed by atoms with Gasteiger partial charge in [0.2, 0.25) is 5.91 Å². The molecule has 1 amide bonds. The van der Waals surface area contributed by atoms with Crippen LogP contribution in [0.2, 0.25) is 5.02 Å². The standard InChI is InChI=1S/C18H16ClNO3/c1-13(21)20-17(11-14-6-3-2-4-7-14)18(22)23-12-15-8-5-9-16(19)10-15/h2-11H,12H2,1H3,(H,20,21).